The highest BCUT2D eigenvalue weighted by molar-refractivity contribution is 5.97. The number of anilines is 2. The van der Waals surface area contributed by atoms with Crippen LogP contribution in [0.1, 0.15) is 38.7 Å². The number of rotatable bonds is 6. The molecular formula is C18H28N4O2. The fraction of sp³-hybridized carbons (Fsp3) is 0.556. The first kappa shape index (κ1) is 18.1. The molecule has 6 heteroatoms. The summed E-state index contributed by atoms with van der Waals surface area (Å²) >= 11 is 0. The molecule has 6 nitrogen and oxygen atoms in total. The molecule has 0 aliphatic carbocycles. The highest BCUT2D eigenvalue weighted by atomic mass is 16.2. The van der Waals surface area contributed by atoms with Crippen molar-refractivity contribution in [3.8, 4) is 0 Å². The maximum atomic E-state index is 12.5. The van der Waals surface area contributed by atoms with Crippen LogP contribution in [0.5, 0.6) is 0 Å². The lowest BCUT2D eigenvalue weighted by molar-refractivity contribution is -0.119. The number of aryl methyl sites for hydroxylation is 1. The monoisotopic (exact) mass is 332 g/mol. The van der Waals surface area contributed by atoms with E-state index >= 15 is 0 Å². The van der Waals surface area contributed by atoms with Crippen LogP contribution < -0.4 is 21.3 Å². The predicted octanol–water partition coefficient (Wildman–Crippen LogP) is 2.62. The number of nitrogens with two attached hydrogens (primary N) is 1. The summed E-state index contributed by atoms with van der Waals surface area (Å²) in [5.74, 6) is -0.237. The standard InChI is InChI=1S/C18H28N4O2/c1-4-12(2)16(21-18(19)24)17(23)20-14-7-8-15(13(3)11-14)22-9-5-6-10-22/h7-8,11-12,16H,4-6,9-10H2,1-3H3,(H,20,23)(H3,19,21,24)/t12-,16+/m1/s1. The fourth-order valence-electron chi connectivity index (χ4n) is 3.12. The maximum Gasteiger partial charge on any atom is 0.312 e. The van der Waals surface area contributed by atoms with Crippen LogP contribution in [0.4, 0.5) is 16.2 Å². The van der Waals surface area contributed by atoms with Crippen molar-refractivity contribution < 1.29 is 9.59 Å². The van der Waals surface area contributed by atoms with Crippen molar-refractivity contribution in [2.45, 2.75) is 46.1 Å². The lowest BCUT2D eigenvalue weighted by atomic mass is 9.98. The molecule has 1 aromatic carbocycles. The zero-order valence-corrected chi connectivity index (χ0v) is 14.8. The summed E-state index contributed by atoms with van der Waals surface area (Å²) < 4.78 is 0. The Kier molecular flexibility index (Phi) is 6.06. The van der Waals surface area contributed by atoms with Gasteiger partial charge in [0.1, 0.15) is 6.04 Å². The van der Waals surface area contributed by atoms with Gasteiger partial charge in [0.25, 0.3) is 0 Å². The van der Waals surface area contributed by atoms with Crippen LogP contribution in [0.3, 0.4) is 0 Å². The van der Waals surface area contributed by atoms with Crippen LogP contribution in [0, 0.1) is 12.8 Å². The average Bonchev–Trinajstić information content (AvgIpc) is 3.05. The Bertz CT molecular complexity index is 597. The molecule has 1 heterocycles. The van der Waals surface area contributed by atoms with Crippen molar-refractivity contribution in [2.75, 3.05) is 23.3 Å². The molecule has 0 bridgehead atoms. The Labute approximate surface area is 143 Å². The second-order valence-corrected chi connectivity index (χ2v) is 6.56. The molecule has 2 rings (SSSR count). The van der Waals surface area contributed by atoms with Crippen molar-refractivity contribution >= 4 is 23.3 Å². The fourth-order valence-corrected chi connectivity index (χ4v) is 3.12. The first-order valence-electron chi connectivity index (χ1n) is 8.64. The van der Waals surface area contributed by atoms with Crippen molar-refractivity contribution in [3.05, 3.63) is 23.8 Å². The van der Waals surface area contributed by atoms with Gasteiger partial charge in [0.05, 0.1) is 0 Å². The van der Waals surface area contributed by atoms with E-state index in [9.17, 15) is 9.59 Å². The molecule has 0 saturated carbocycles. The van der Waals surface area contributed by atoms with Gasteiger partial charge in [0.15, 0.2) is 0 Å². The molecule has 132 valence electrons. The molecule has 1 fully saturated rings. The Morgan fingerprint density at radius 3 is 2.50 bits per heavy atom. The second kappa shape index (κ2) is 8.04. The molecule has 4 N–H and O–H groups in total. The number of carbonyl (C=O) groups excluding carboxylic acids is 2. The van der Waals surface area contributed by atoms with Crippen molar-refractivity contribution in [2.24, 2.45) is 11.7 Å². The van der Waals surface area contributed by atoms with Crippen LogP contribution in [-0.2, 0) is 4.79 Å². The molecule has 0 spiro atoms. The summed E-state index contributed by atoms with van der Waals surface area (Å²) in [6.45, 7) is 8.12. The molecule has 1 aromatic rings. The number of carbonyl (C=O) groups is 2. The van der Waals surface area contributed by atoms with E-state index < -0.39 is 12.1 Å². The molecule has 0 aromatic heterocycles. The van der Waals surface area contributed by atoms with E-state index in [0.29, 0.717) is 0 Å². The third-order valence-electron chi connectivity index (χ3n) is 4.70. The minimum Gasteiger partial charge on any atom is -0.371 e. The Morgan fingerprint density at radius 1 is 1.29 bits per heavy atom. The first-order valence-corrected chi connectivity index (χ1v) is 8.64. The van der Waals surface area contributed by atoms with Crippen molar-refractivity contribution in [3.63, 3.8) is 0 Å². The molecule has 1 aliphatic rings. The quantitative estimate of drug-likeness (QED) is 0.748. The van der Waals surface area contributed by atoms with Gasteiger partial charge in [0.2, 0.25) is 5.91 Å². The average molecular weight is 332 g/mol. The van der Waals surface area contributed by atoms with Crippen LogP contribution in [0.2, 0.25) is 0 Å². The molecule has 1 saturated heterocycles. The highest BCUT2D eigenvalue weighted by Crippen LogP contribution is 2.27. The van der Waals surface area contributed by atoms with Crippen LogP contribution in [0.25, 0.3) is 0 Å². The van der Waals surface area contributed by atoms with E-state index in [1.165, 1.54) is 18.5 Å². The van der Waals surface area contributed by atoms with Crippen molar-refractivity contribution in [1.82, 2.24) is 5.32 Å². The minimum absolute atomic E-state index is 0.00229. The van der Waals surface area contributed by atoms with Gasteiger partial charge < -0.3 is 21.3 Å². The molecule has 24 heavy (non-hydrogen) atoms. The van der Waals surface area contributed by atoms with E-state index in [4.69, 9.17) is 5.73 Å². The van der Waals surface area contributed by atoms with Crippen LogP contribution >= 0.6 is 0 Å². The molecule has 1 aliphatic heterocycles. The Morgan fingerprint density at radius 2 is 1.96 bits per heavy atom. The van der Waals surface area contributed by atoms with Crippen LogP contribution in [-0.4, -0.2) is 31.1 Å². The van der Waals surface area contributed by atoms with Gasteiger partial charge in [-0.05, 0) is 49.4 Å². The van der Waals surface area contributed by atoms with E-state index in [1.807, 2.05) is 26.0 Å². The van der Waals surface area contributed by atoms with Gasteiger partial charge in [-0.1, -0.05) is 20.3 Å². The summed E-state index contributed by atoms with van der Waals surface area (Å²) in [5, 5.41) is 5.43. The summed E-state index contributed by atoms with van der Waals surface area (Å²) in [5.41, 5.74) is 8.29. The topological polar surface area (TPSA) is 87.5 Å². The van der Waals surface area contributed by atoms with Crippen molar-refractivity contribution in [1.29, 1.82) is 0 Å². The van der Waals surface area contributed by atoms with E-state index in [1.54, 1.807) is 0 Å². The molecule has 0 radical (unpaired) electrons. The number of hydrogen-bond donors (Lipinski definition) is 3. The zero-order valence-electron chi connectivity index (χ0n) is 14.8. The number of hydrogen-bond acceptors (Lipinski definition) is 3. The van der Waals surface area contributed by atoms with Gasteiger partial charge in [-0.15, -0.1) is 0 Å². The largest absolute Gasteiger partial charge is 0.371 e. The van der Waals surface area contributed by atoms with Gasteiger partial charge >= 0.3 is 6.03 Å². The summed E-state index contributed by atoms with van der Waals surface area (Å²) in [7, 11) is 0. The lowest BCUT2D eigenvalue weighted by Crippen LogP contribution is -2.49. The van der Waals surface area contributed by atoms with Gasteiger partial charge in [0, 0.05) is 24.5 Å². The second-order valence-electron chi connectivity index (χ2n) is 6.56. The molecule has 0 unspecified atom stereocenters. The Hall–Kier alpha value is -2.24. The zero-order chi connectivity index (χ0) is 17.7. The van der Waals surface area contributed by atoms with E-state index in [0.717, 1.165) is 30.8 Å². The number of urea groups is 1. The van der Waals surface area contributed by atoms with Crippen LogP contribution in [0.15, 0.2) is 18.2 Å². The normalized spacial score (nSPS) is 16.5. The third kappa shape index (κ3) is 4.40. The maximum absolute atomic E-state index is 12.5. The van der Waals surface area contributed by atoms with E-state index in [-0.39, 0.29) is 11.8 Å². The SMILES string of the molecule is CC[C@@H](C)[C@H](NC(N)=O)C(=O)Nc1ccc(N2CCCC2)c(C)c1. The number of amides is 3. The number of primary amides is 1. The number of benzene rings is 1. The smallest absolute Gasteiger partial charge is 0.312 e. The highest BCUT2D eigenvalue weighted by Gasteiger charge is 2.25. The first-order chi connectivity index (χ1) is 11.4. The summed E-state index contributed by atoms with van der Waals surface area (Å²) in [6.07, 6.45) is 3.23. The molecule has 3 amide bonds. The predicted molar refractivity (Wildman–Crippen MR) is 97.2 cm³/mol. The minimum atomic E-state index is -0.684. The Balaban J connectivity index is 2.09. The lowest BCUT2D eigenvalue weighted by Gasteiger charge is -2.24. The third-order valence-corrected chi connectivity index (χ3v) is 4.70. The van der Waals surface area contributed by atoms with Gasteiger partial charge in [-0.25, -0.2) is 4.79 Å². The van der Waals surface area contributed by atoms with E-state index in [2.05, 4.69) is 28.5 Å². The summed E-state index contributed by atoms with van der Waals surface area (Å²) in [6, 6.07) is 4.62. The molecule has 2 atom stereocenters. The van der Waals surface area contributed by atoms with Gasteiger partial charge in [-0.2, -0.15) is 0 Å². The number of nitrogens with zero attached hydrogens (tertiary/aromatic N) is 1. The summed E-state index contributed by atoms with van der Waals surface area (Å²) in [4.78, 5) is 26.0. The van der Waals surface area contributed by atoms with Gasteiger partial charge in [-0.3, -0.25) is 4.79 Å². The molecular weight excluding hydrogens is 304 g/mol. The number of nitrogens with one attached hydrogen (secondary N) is 2.